The maximum absolute atomic E-state index is 13.6. The molecule has 2 fully saturated rings. The van der Waals surface area contributed by atoms with Gasteiger partial charge in [0.1, 0.15) is 11.8 Å². The van der Waals surface area contributed by atoms with E-state index >= 15 is 0 Å². The average molecular weight is 530 g/mol. The Bertz CT molecular complexity index is 1520. The van der Waals surface area contributed by atoms with Gasteiger partial charge in [-0.15, -0.1) is 5.10 Å². The summed E-state index contributed by atoms with van der Waals surface area (Å²) in [5.74, 6) is 1.40. The molecule has 2 atom stereocenters. The Morgan fingerprint density at radius 3 is 2.74 bits per heavy atom. The van der Waals surface area contributed by atoms with Crippen LogP contribution in [-0.4, -0.2) is 76.1 Å². The molecule has 4 heterocycles. The van der Waals surface area contributed by atoms with E-state index < -0.39 is 6.04 Å². The topological polar surface area (TPSA) is 101 Å². The quantitative estimate of drug-likeness (QED) is 0.390. The predicted molar refractivity (Wildman–Crippen MR) is 149 cm³/mol. The predicted octanol–water partition coefficient (Wildman–Crippen LogP) is 3.23. The minimum atomic E-state index is -0.401. The second kappa shape index (κ2) is 10.8. The van der Waals surface area contributed by atoms with Gasteiger partial charge in [-0.2, -0.15) is 0 Å². The van der Waals surface area contributed by atoms with Crippen molar-refractivity contribution in [3.63, 3.8) is 0 Å². The van der Waals surface area contributed by atoms with E-state index in [0.29, 0.717) is 17.9 Å². The van der Waals surface area contributed by atoms with Crippen molar-refractivity contribution in [3.8, 4) is 5.75 Å². The molecule has 4 aromatic rings. The Morgan fingerprint density at radius 2 is 1.97 bits per heavy atom. The lowest BCUT2D eigenvalue weighted by molar-refractivity contribution is 0.0906. The number of hydrogen-bond donors (Lipinski definition) is 1. The van der Waals surface area contributed by atoms with E-state index in [0.717, 1.165) is 62.3 Å². The van der Waals surface area contributed by atoms with Gasteiger partial charge in [0.05, 0.1) is 19.8 Å². The van der Waals surface area contributed by atoms with Crippen LogP contribution in [0.15, 0.2) is 47.3 Å². The van der Waals surface area contributed by atoms with Crippen molar-refractivity contribution in [2.75, 3.05) is 44.8 Å². The number of anilines is 1. The van der Waals surface area contributed by atoms with Crippen LogP contribution in [0.25, 0.3) is 10.9 Å². The molecule has 0 amide bonds. The Balaban J connectivity index is 1.37. The molecule has 2 aliphatic heterocycles. The maximum Gasteiger partial charge on any atom is 0.253 e. The van der Waals surface area contributed by atoms with Gasteiger partial charge >= 0.3 is 0 Å². The summed E-state index contributed by atoms with van der Waals surface area (Å²) in [5.41, 5.74) is 5.12. The van der Waals surface area contributed by atoms with Crippen LogP contribution in [0.1, 0.15) is 41.4 Å². The molecule has 0 unspecified atom stereocenters. The lowest BCUT2D eigenvalue weighted by atomic mass is 10.0. The molecule has 10 heteroatoms. The molecular formula is C29H35N7O3. The lowest BCUT2D eigenvalue weighted by Gasteiger charge is -2.40. The SMILES string of the molecule is COc1ccc2[nH]c(=O)c([C@H](c3nnnn3C[C@H]3CCCO3)N3CCN(c4cccc(C)c4C)CC3)cc2c1. The van der Waals surface area contributed by atoms with Crippen molar-refractivity contribution in [3.05, 3.63) is 75.3 Å². The van der Waals surface area contributed by atoms with Crippen molar-refractivity contribution in [2.24, 2.45) is 0 Å². The third-order valence-electron chi connectivity index (χ3n) is 8.18. The molecular weight excluding hydrogens is 494 g/mol. The number of rotatable bonds is 7. The largest absolute Gasteiger partial charge is 0.497 e. The molecule has 204 valence electrons. The van der Waals surface area contributed by atoms with Crippen molar-refractivity contribution in [2.45, 2.75) is 45.4 Å². The van der Waals surface area contributed by atoms with Gasteiger partial charge in [-0.25, -0.2) is 4.68 Å². The fourth-order valence-corrected chi connectivity index (χ4v) is 5.85. The Kier molecular flexibility index (Phi) is 7.05. The number of H-pyrrole nitrogens is 1. The van der Waals surface area contributed by atoms with Crippen molar-refractivity contribution in [1.29, 1.82) is 0 Å². The fraction of sp³-hybridized carbons (Fsp3) is 0.448. The molecule has 2 aliphatic rings. The molecule has 0 saturated carbocycles. The molecule has 0 spiro atoms. The minimum absolute atomic E-state index is 0.0770. The van der Waals surface area contributed by atoms with Gasteiger partial charge in [-0.1, -0.05) is 12.1 Å². The molecule has 6 rings (SSSR count). The Labute approximate surface area is 227 Å². The van der Waals surface area contributed by atoms with Crippen LogP contribution in [0.2, 0.25) is 0 Å². The second-order valence-corrected chi connectivity index (χ2v) is 10.5. The monoisotopic (exact) mass is 529 g/mol. The first-order chi connectivity index (χ1) is 19.0. The summed E-state index contributed by atoms with van der Waals surface area (Å²) in [5, 5.41) is 13.8. The summed E-state index contributed by atoms with van der Waals surface area (Å²) < 4.78 is 13.2. The minimum Gasteiger partial charge on any atom is -0.497 e. The van der Waals surface area contributed by atoms with Crippen molar-refractivity contribution in [1.82, 2.24) is 30.1 Å². The number of hydrogen-bond acceptors (Lipinski definition) is 8. The first-order valence-electron chi connectivity index (χ1n) is 13.7. The Hall–Kier alpha value is -3.76. The van der Waals surface area contributed by atoms with E-state index in [1.54, 1.807) is 7.11 Å². The number of pyridine rings is 1. The highest BCUT2D eigenvalue weighted by Crippen LogP contribution is 2.31. The first kappa shape index (κ1) is 25.5. The molecule has 2 aromatic heterocycles. The summed E-state index contributed by atoms with van der Waals surface area (Å²) in [6, 6.07) is 13.7. The Morgan fingerprint density at radius 1 is 1.13 bits per heavy atom. The van der Waals surface area contributed by atoms with Crippen LogP contribution in [-0.2, 0) is 11.3 Å². The van der Waals surface area contributed by atoms with Crippen LogP contribution in [0.3, 0.4) is 0 Å². The van der Waals surface area contributed by atoms with Crippen LogP contribution < -0.4 is 15.2 Å². The van der Waals surface area contributed by atoms with Crippen molar-refractivity contribution < 1.29 is 9.47 Å². The summed E-state index contributed by atoms with van der Waals surface area (Å²) in [6.07, 6.45) is 2.10. The zero-order chi connectivity index (χ0) is 26.9. The highest BCUT2D eigenvalue weighted by atomic mass is 16.5. The number of benzene rings is 2. The number of aromatic nitrogens is 5. The number of nitrogens with zero attached hydrogens (tertiary/aromatic N) is 6. The number of aromatic amines is 1. The molecule has 0 radical (unpaired) electrons. The van der Waals surface area contributed by atoms with E-state index in [4.69, 9.17) is 9.47 Å². The van der Waals surface area contributed by atoms with E-state index in [-0.39, 0.29) is 11.7 Å². The van der Waals surface area contributed by atoms with Crippen molar-refractivity contribution >= 4 is 16.6 Å². The normalized spacial score (nSPS) is 19.1. The van der Waals surface area contributed by atoms with Gasteiger partial charge in [-0.3, -0.25) is 9.69 Å². The highest BCUT2D eigenvalue weighted by molar-refractivity contribution is 5.80. The standard InChI is InChI=1S/C29H35N7O3/c1-19-6-4-8-26(20(19)2)34-11-13-35(14-12-34)27(28-31-32-33-36(28)18-23-7-5-15-39-23)24-17-21-16-22(38-3)9-10-25(21)30-29(24)37/h4,6,8-10,16-17,23,27H,5,7,11-15,18H2,1-3H3,(H,30,37)/t23-,27-/m1/s1. The van der Waals surface area contributed by atoms with E-state index in [9.17, 15) is 4.79 Å². The molecule has 39 heavy (non-hydrogen) atoms. The van der Waals surface area contributed by atoms with E-state index in [2.05, 4.69) is 62.4 Å². The van der Waals surface area contributed by atoms with Gasteiger partial charge in [0.2, 0.25) is 0 Å². The van der Waals surface area contributed by atoms with Crippen LogP contribution in [0, 0.1) is 13.8 Å². The smallest absolute Gasteiger partial charge is 0.253 e. The van der Waals surface area contributed by atoms with E-state index in [1.165, 1.54) is 16.8 Å². The third-order valence-corrected chi connectivity index (χ3v) is 8.18. The van der Waals surface area contributed by atoms with Gasteiger partial charge < -0.3 is 19.4 Å². The number of piperazine rings is 1. The average Bonchev–Trinajstić information content (AvgIpc) is 3.64. The summed E-state index contributed by atoms with van der Waals surface area (Å²) in [7, 11) is 1.64. The third kappa shape index (κ3) is 5.02. The van der Waals surface area contributed by atoms with Crippen LogP contribution >= 0.6 is 0 Å². The number of nitrogens with one attached hydrogen (secondary N) is 1. The first-order valence-corrected chi connectivity index (χ1v) is 13.7. The van der Waals surface area contributed by atoms with Crippen LogP contribution in [0.4, 0.5) is 5.69 Å². The summed E-state index contributed by atoms with van der Waals surface area (Å²) >= 11 is 0. The second-order valence-electron chi connectivity index (χ2n) is 10.5. The number of aryl methyl sites for hydroxylation is 1. The zero-order valence-electron chi connectivity index (χ0n) is 22.8. The molecule has 0 aliphatic carbocycles. The van der Waals surface area contributed by atoms with Gasteiger partial charge in [0, 0.05) is 54.9 Å². The molecule has 2 saturated heterocycles. The highest BCUT2D eigenvalue weighted by Gasteiger charge is 2.34. The molecule has 10 nitrogen and oxygen atoms in total. The van der Waals surface area contributed by atoms with Gasteiger partial charge in [0.15, 0.2) is 5.82 Å². The molecule has 2 aromatic carbocycles. The van der Waals surface area contributed by atoms with Gasteiger partial charge in [-0.05, 0) is 78.6 Å². The fourth-order valence-electron chi connectivity index (χ4n) is 5.85. The number of fused-ring (bicyclic) bond motifs is 1. The maximum atomic E-state index is 13.6. The zero-order valence-corrected chi connectivity index (χ0v) is 22.8. The lowest BCUT2D eigenvalue weighted by Crippen LogP contribution is -2.49. The summed E-state index contributed by atoms with van der Waals surface area (Å²) in [4.78, 5) is 21.4. The molecule has 0 bridgehead atoms. The number of tetrazole rings is 1. The van der Waals surface area contributed by atoms with E-state index in [1.807, 2.05) is 28.9 Å². The number of methoxy groups -OCH3 is 1. The van der Waals surface area contributed by atoms with Gasteiger partial charge in [0.25, 0.3) is 5.56 Å². The summed E-state index contributed by atoms with van der Waals surface area (Å²) in [6.45, 7) is 8.88. The molecule has 1 N–H and O–H groups in total. The van der Waals surface area contributed by atoms with Crippen LogP contribution in [0.5, 0.6) is 5.75 Å². The number of ether oxygens (including phenoxy) is 2.